The molecule has 0 saturated carbocycles. The lowest BCUT2D eigenvalue weighted by Gasteiger charge is -2.34. The third-order valence-electron chi connectivity index (χ3n) is 4.35. The first-order valence-corrected chi connectivity index (χ1v) is 9.00. The Kier molecular flexibility index (Phi) is 3.97. The molecule has 3 amide bonds. The van der Waals surface area contributed by atoms with Crippen molar-refractivity contribution in [2.45, 2.75) is 19.9 Å². The van der Waals surface area contributed by atoms with E-state index in [1.165, 1.54) is 9.78 Å². The molecule has 0 N–H and O–H groups in total. The molecule has 0 spiro atoms. The second-order valence-corrected chi connectivity index (χ2v) is 7.24. The first-order chi connectivity index (χ1) is 12.1. The third kappa shape index (κ3) is 2.89. The zero-order chi connectivity index (χ0) is 17.4. The highest BCUT2D eigenvalue weighted by Crippen LogP contribution is 2.29. The average Bonchev–Trinajstić information content (AvgIpc) is 3.03. The fraction of sp³-hybridized carbons (Fsp3) is 0.211. The van der Waals surface area contributed by atoms with E-state index in [2.05, 4.69) is 16.4 Å². The Balaban J connectivity index is 1.69. The van der Waals surface area contributed by atoms with Crippen LogP contribution in [0.2, 0.25) is 0 Å². The van der Waals surface area contributed by atoms with E-state index in [0.717, 1.165) is 16.3 Å². The van der Waals surface area contributed by atoms with E-state index in [1.807, 2.05) is 31.2 Å². The third-order valence-corrected chi connectivity index (χ3v) is 5.26. The number of nitrogens with zero attached hydrogens (tertiary/aromatic N) is 3. The normalized spacial score (nSPS) is 15.2. The minimum atomic E-state index is -0.279. The van der Waals surface area contributed by atoms with Gasteiger partial charge in [-0.15, -0.1) is 11.3 Å². The predicted molar refractivity (Wildman–Crippen MR) is 98.7 cm³/mol. The Morgan fingerprint density at radius 1 is 1.20 bits per heavy atom. The van der Waals surface area contributed by atoms with E-state index in [1.54, 1.807) is 28.6 Å². The predicted octanol–water partition coefficient (Wildman–Crippen LogP) is 3.96. The first-order valence-electron chi connectivity index (χ1n) is 8.12. The van der Waals surface area contributed by atoms with Crippen molar-refractivity contribution in [3.63, 3.8) is 0 Å². The monoisotopic (exact) mass is 351 g/mol. The Bertz CT molecular complexity index is 961. The molecule has 3 aromatic rings. The minimum Gasteiger partial charge on any atom is -0.319 e. The molecule has 1 fully saturated rings. The Labute approximate surface area is 149 Å². The minimum absolute atomic E-state index is 0.180. The number of carbonyl (C=O) groups is 2. The number of rotatable bonds is 3. The van der Waals surface area contributed by atoms with Gasteiger partial charge in [0.15, 0.2) is 0 Å². The van der Waals surface area contributed by atoms with Crippen molar-refractivity contribution in [3.8, 4) is 0 Å². The SMILES string of the molecule is Cc1cc(CN2CCC(=O)N(c3cncc4ccccc34)C2=O)cs1. The number of hydrogen-bond donors (Lipinski definition) is 0. The van der Waals surface area contributed by atoms with Crippen LogP contribution in [0.1, 0.15) is 16.9 Å². The Morgan fingerprint density at radius 3 is 2.84 bits per heavy atom. The Morgan fingerprint density at radius 2 is 2.04 bits per heavy atom. The van der Waals surface area contributed by atoms with Crippen molar-refractivity contribution in [1.29, 1.82) is 0 Å². The number of fused-ring (bicyclic) bond motifs is 1. The van der Waals surface area contributed by atoms with Gasteiger partial charge in [0.2, 0.25) is 5.91 Å². The van der Waals surface area contributed by atoms with Gasteiger partial charge in [0.1, 0.15) is 0 Å². The number of urea groups is 1. The molecule has 3 heterocycles. The van der Waals surface area contributed by atoms with Crippen molar-refractivity contribution >= 4 is 39.7 Å². The number of amides is 3. The molecule has 1 saturated heterocycles. The number of carbonyl (C=O) groups excluding carboxylic acids is 2. The summed E-state index contributed by atoms with van der Waals surface area (Å²) in [5.41, 5.74) is 1.65. The summed E-state index contributed by atoms with van der Waals surface area (Å²) in [4.78, 5) is 33.9. The highest BCUT2D eigenvalue weighted by molar-refractivity contribution is 7.10. The van der Waals surface area contributed by atoms with E-state index in [0.29, 0.717) is 25.2 Å². The van der Waals surface area contributed by atoms with Crippen molar-refractivity contribution in [2.75, 3.05) is 11.4 Å². The van der Waals surface area contributed by atoms with E-state index in [4.69, 9.17) is 0 Å². The van der Waals surface area contributed by atoms with Crippen molar-refractivity contribution in [2.24, 2.45) is 0 Å². The van der Waals surface area contributed by atoms with Gasteiger partial charge in [0, 0.05) is 41.4 Å². The highest BCUT2D eigenvalue weighted by atomic mass is 32.1. The fourth-order valence-corrected chi connectivity index (χ4v) is 3.85. The summed E-state index contributed by atoms with van der Waals surface area (Å²) in [6.07, 6.45) is 3.65. The maximum absolute atomic E-state index is 13.0. The van der Waals surface area contributed by atoms with E-state index >= 15 is 0 Å². The lowest BCUT2D eigenvalue weighted by Crippen LogP contribution is -2.52. The molecule has 0 radical (unpaired) electrons. The molecule has 0 bridgehead atoms. The second kappa shape index (κ2) is 6.29. The summed E-state index contributed by atoms with van der Waals surface area (Å²) >= 11 is 1.67. The zero-order valence-corrected chi connectivity index (χ0v) is 14.6. The van der Waals surface area contributed by atoms with Crippen LogP contribution in [0.3, 0.4) is 0 Å². The van der Waals surface area contributed by atoms with Gasteiger partial charge < -0.3 is 4.90 Å². The molecule has 1 aliphatic heterocycles. The number of benzene rings is 1. The molecule has 126 valence electrons. The van der Waals surface area contributed by atoms with Crippen molar-refractivity contribution in [1.82, 2.24) is 9.88 Å². The van der Waals surface area contributed by atoms with Gasteiger partial charge in [0.25, 0.3) is 0 Å². The standard InChI is InChI=1S/C19H17N3O2S/c1-13-8-14(12-25-13)11-21-7-6-18(23)22(19(21)24)17-10-20-9-15-4-2-3-5-16(15)17/h2-5,8-10,12H,6-7,11H2,1H3. The summed E-state index contributed by atoms with van der Waals surface area (Å²) in [6, 6.07) is 9.46. The van der Waals surface area contributed by atoms with Gasteiger partial charge in [-0.05, 0) is 23.9 Å². The molecule has 2 aromatic heterocycles. The quantitative estimate of drug-likeness (QED) is 0.718. The molecule has 1 aliphatic rings. The van der Waals surface area contributed by atoms with Crippen LogP contribution in [-0.4, -0.2) is 28.4 Å². The number of aryl methyl sites for hydroxylation is 1. The van der Waals surface area contributed by atoms with Crippen molar-refractivity contribution < 1.29 is 9.59 Å². The summed E-state index contributed by atoms with van der Waals surface area (Å²) in [5.74, 6) is -0.180. The van der Waals surface area contributed by atoms with Crippen LogP contribution in [-0.2, 0) is 11.3 Å². The second-order valence-electron chi connectivity index (χ2n) is 6.13. The molecule has 4 rings (SSSR count). The Hall–Kier alpha value is -2.73. The van der Waals surface area contributed by atoms with Crippen LogP contribution in [0, 0.1) is 6.92 Å². The molecule has 6 heteroatoms. The molecule has 0 aliphatic carbocycles. The summed E-state index contributed by atoms with van der Waals surface area (Å²) < 4.78 is 0. The van der Waals surface area contributed by atoms with Crippen LogP contribution in [0.25, 0.3) is 10.8 Å². The van der Waals surface area contributed by atoms with Crippen LogP contribution in [0.15, 0.2) is 48.1 Å². The van der Waals surface area contributed by atoms with E-state index in [-0.39, 0.29) is 11.9 Å². The van der Waals surface area contributed by atoms with Crippen LogP contribution >= 0.6 is 11.3 Å². The maximum Gasteiger partial charge on any atom is 0.331 e. The van der Waals surface area contributed by atoms with Gasteiger partial charge >= 0.3 is 6.03 Å². The van der Waals surface area contributed by atoms with Gasteiger partial charge in [-0.25, -0.2) is 9.69 Å². The first kappa shape index (κ1) is 15.8. The summed E-state index contributed by atoms with van der Waals surface area (Å²) in [7, 11) is 0. The number of pyridine rings is 1. The number of anilines is 1. The highest BCUT2D eigenvalue weighted by Gasteiger charge is 2.34. The van der Waals surface area contributed by atoms with Crippen LogP contribution in [0.4, 0.5) is 10.5 Å². The van der Waals surface area contributed by atoms with Gasteiger partial charge in [-0.2, -0.15) is 0 Å². The zero-order valence-electron chi connectivity index (χ0n) is 13.8. The average molecular weight is 351 g/mol. The lowest BCUT2D eigenvalue weighted by atomic mass is 10.1. The maximum atomic E-state index is 13.0. The molecule has 1 aromatic carbocycles. The summed E-state index contributed by atoms with van der Waals surface area (Å²) in [5, 5.41) is 3.82. The summed E-state index contributed by atoms with van der Waals surface area (Å²) in [6.45, 7) is 3.01. The topological polar surface area (TPSA) is 53.5 Å². The molecular formula is C19H17N3O2S. The number of aromatic nitrogens is 1. The van der Waals surface area contributed by atoms with Crippen molar-refractivity contribution in [3.05, 3.63) is 58.5 Å². The molecule has 5 nitrogen and oxygen atoms in total. The smallest absolute Gasteiger partial charge is 0.319 e. The molecule has 0 unspecified atom stereocenters. The van der Waals surface area contributed by atoms with Gasteiger partial charge in [-0.1, -0.05) is 24.3 Å². The fourth-order valence-electron chi connectivity index (χ4n) is 3.15. The van der Waals surface area contributed by atoms with Gasteiger partial charge in [0.05, 0.1) is 11.9 Å². The van der Waals surface area contributed by atoms with Gasteiger partial charge in [-0.3, -0.25) is 9.78 Å². The number of imide groups is 1. The van der Waals surface area contributed by atoms with Crippen LogP contribution < -0.4 is 4.90 Å². The number of hydrogen-bond acceptors (Lipinski definition) is 4. The lowest BCUT2D eigenvalue weighted by molar-refractivity contribution is -0.119. The molecule has 25 heavy (non-hydrogen) atoms. The molecular weight excluding hydrogens is 334 g/mol. The van der Waals surface area contributed by atoms with E-state index in [9.17, 15) is 9.59 Å². The van der Waals surface area contributed by atoms with E-state index < -0.39 is 0 Å². The largest absolute Gasteiger partial charge is 0.331 e. The number of thiophene rings is 1. The molecule has 0 atom stereocenters. The van der Waals surface area contributed by atoms with Crippen LogP contribution in [0.5, 0.6) is 0 Å².